The lowest BCUT2D eigenvalue weighted by Gasteiger charge is -2.34. The summed E-state index contributed by atoms with van der Waals surface area (Å²) in [4.78, 5) is 17.4. The average molecular weight is 424 g/mol. The van der Waals surface area contributed by atoms with E-state index in [9.17, 15) is 10.1 Å². The van der Waals surface area contributed by atoms with Crippen LogP contribution in [0.3, 0.4) is 0 Å². The molecule has 1 aromatic carbocycles. The second-order valence-electron chi connectivity index (χ2n) is 7.51. The zero-order chi connectivity index (χ0) is 21.9. The number of nitrogens with zero attached hydrogens (tertiary/aromatic N) is 4. The third-order valence-electron chi connectivity index (χ3n) is 5.91. The monoisotopic (exact) mass is 423 g/mol. The lowest BCUT2D eigenvalue weighted by molar-refractivity contribution is -0.123. The normalized spacial score (nSPS) is 11.5. The van der Waals surface area contributed by atoms with E-state index in [0.29, 0.717) is 29.1 Å². The van der Waals surface area contributed by atoms with E-state index in [2.05, 4.69) is 35.3 Å². The largest absolute Gasteiger partial charge is 0.347 e. The highest BCUT2D eigenvalue weighted by Gasteiger charge is 2.30. The summed E-state index contributed by atoms with van der Waals surface area (Å²) in [6.07, 6.45) is 3.99. The van der Waals surface area contributed by atoms with Gasteiger partial charge in [-0.15, -0.1) is 0 Å². The van der Waals surface area contributed by atoms with Crippen LogP contribution in [0.15, 0.2) is 30.5 Å². The van der Waals surface area contributed by atoms with Crippen molar-refractivity contribution in [3.63, 3.8) is 0 Å². The molecule has 0 fully saturated rings. The van der Waals surface area contributed by atoms with Gasteiger partial charge in [-0.2, -0.15) is 10.4 Å². The van der Waals surface area contributed by atoms with Gasteiger partial charge < -0.3 is 5.32 Å². The lowest BCUT2D eigenvalue weighted by atomic mass is 9.84. The van der Waals surface area contributed by atoms with Gasteiger partial charge in [0.2, 0.25) is 5.91 Å². The van der Waals surface area contributed by atoms with E-state index in [4.69, 9.17) is 11.6 Å². The number of nitrogens with one attached hydrogen (secondary N) is 1. The van der Waals surface area contributed by atoms with Crippen LogP contribution in [0, 0.1) is 25.2 Å². The van der Waals surface area contributed by atoms with Crippen LogP contribution in [0.2, 0.25) is 5.02 Å². The first-order chi connectivity index (χ1) is 14.3. The van der Waals surface area contributed by atoms with Crippen molar-refractivity contribution in [2.45, 2.75) is 58.9 Å². The van der Waals surface area contributed by atoms with Crippen LogP contribution < -0.4 is 5.32 Å². The van der Waals surface area contributed by atoms with Crippen LogP contribution in [0.1, 0.15) is 61.2 Å². The van der Waals surface area contributed by atoms with Crippen LogP contribution >= 0.6 is 11.6 Å². The highest BCUT2D eigenvalue weighted by atomic mass is 35.5. The molecule has 7 heteroatoms. The van der Waals surface area contributed by atoms with E-state index in [1.165, 1.54) is 6.20 Å². The molecule has 2 aromatic heterocycles. The predicted octanol–water partition coefficient (Wildman–Crippen LogP) is 4.64. The molecule has 0 bridgehead atoms. The van der Waals surface area contributed by atoms with Crippen LogP contribution in [-0.4, -0.2) is 20.5 Å². The summed E-state index contributed by atoms with van der Waals surface area (Å²) < 4.78 is 1.68. The van der Waals surface area contributed by atoms with E-state index >= 15 is 0 Å². The van der Waals surface area contributed by atoms with Gasteiger partial charge in [-0.25, -0.2) is 9.50 Å². The minimum atomic E-state index is -0.419. The number of halogens is 1. The molecule has 0 spiro atoms. The third-order valence-corrected chi connectivity index (χ3v) is 6.17. The first-order valence-corrected chi connectivity index (χ1v) is 10.5. The van der Waals surface area contributed by atoms with Gasteiger partial charge in [0.05, 0.1) is 11.7 Å². The Hall–Kier alpha value is -2.91. The number of amides is 1. The number of benzene rings is 1. The number of fused-ring (bicyclic) bond motifs is 1. The fourth-order valence-corrected chi connectivity index (χ4v) is 4.12. The smallest absolute Gasteiger partial charge is 0.221 e. The highest BCUT2D eigenvalue weighted by Crippen LogP contribution is 2.30. The molecule has 0 aliphatic heterocycles. The van der Waals surface area contributed by atoms with Crippen LogP contribution in [-0.2, 0) is 16.8 Å². The number of hydrogen-bond donors (Lipinski definition) is 1. The molecule has 2 heterocycles. The number of hydrogen-bond acceptors (Lipinski definition) is 4. The fourth-order valence-electron chi connectivity index (χ4n) is 4.00. The van der Waals surface area contributed by atoms with Crippen molar-refractivity contribution in [3.05, 3.63) is 63.6 Å². The number of carbonyl (C=O) groups excluding carboxylic acids is 1. The van der Waals surface area contributed by atoms with E-state index in [0.717, 1.165) is 35.4 Å². The van der Waals surface area contributed by atoms with E-state index in [-0.39, 0.29) is 5.91 Å². The second kappa shape index (κ2) is 8.85. The number of aryl methyl sites for hydroxylation is 2. The van der Waals surface area contributed by atoms with Gasteiger partial charge in [-0.05, 0) is 56.4 Å². The van der Waals surface area contributed by atoms with Crippen LogP contribution in [0.4, 0.5) is 0 Å². The standard InChI is InChI=1S/C23H26ClN5O/c1-5-23(6-2,18-7-9-19(24)10-8-18)28-21(30)12-11-20-15(3)27-22-17(13-25)14-26-29(22)16(20)4/h7-10,14H,5-6,11-12H2,1-4H3,(H,28,30). The molecule has 0 saturated carbocycles. The summed E-state index contributed by atoms with van der Waals surface area (Å²) in [5.74, 6) is -0.00859. The molecule has 1 N–H and O–H groups in total. The Balaban J connectivity index is 1.79. The molecule has 3 aromatic rings. The number of nitriles is 1. The van der Waals surface area contributed by atoms with Crippen molar-refractivity contribution in [1.29, 1.82) is 5.26 Å². The highest BCUT2D eigenvalue weighted by molar-refractivity contribution is 6.30. The molecule has 0 aliphatic carbocycles. The van der Waals surface area contributed by atoms with Gasteiger partial charge in [-0.1, -0.05) is 37.6 Å². The molecule has 0 saturated heterocycles. The minimum absolute atomic E-state index is 0.00859. The van der Waals surface area contributed by atoms with Gasteiger partial charge in [0.15, 0.2) is 5.65 Å². The zero-order valence-electron chi connectivity index (χ0n) is 17.8. The Kier molecular flexibility index (Phi) is 6.42. The molecule has 1 amide bonds. The molecule has 0 radical (unpaired) electrons. The third kappa shape index (κ3) is 4.03. The SMILES string of the molecule is CCC(CC)(NC(=O)CCc1c(C)nc2c(C#N)cnn2c1C)c1ccc(Cl)cc1. The molecule has 0 unspecified atom stereocenters. The Morgan fingerprint density at radius 3 is 2.50 bits per heavy atom. The molecule has 30 heavy (non-hydrogen) atoms. The fraction of sp³-hybridized carbons (Fsp3) is 0.391. The minimum Gasteiger partial charge on any atom is -0.347 e. The molecular weight excluding hydrogens is 398 g/mol. The topological polar surface area (TPSA) is 83.1 Å². The Bertz CT molecular complexity index is 1110. The van der Waals surface area contributed by atoms with Gasteiger partial charge in [-0.3, -0.25) is 4.79 Å². The predicted molar refractivity (Wildman–Crippen MR) is 117 cm³/mol. The molecule has 0 aliphatic rings. The van der Waals surface area contributed by atoms with Gasteiger partial charge >= 0.3 is 0 Å². The number of carbonyl (C=O) groups is 1. The molecule has 3 rings (SSSR count). The van der Waals surface area contributed by atoms with E-state index < -0.39 is 5.54 Å². The molecule has 156 valence electrons. The summed E-state index contributed by atoms with van der Waals surface area (Å²) in [7, 11) is 0. The van der Waals surface area contributed by atoms with Gasteiger partial charge in [0, 0.05) is 22.8 Å². The molecule has 6 nitrogen and oxygen atoms in total. The van der Waals surface area contributed by atoms with Crippen molar-refractivity contribution in [3.8, 4) is 6.07 Å². The quantitative estimate of drug-likeness (QED) is 0.600. The Morgan fingerprint density at radius 1 is 1.23 bits per heavy atom. The van der Waals surface area contributed by atoms with Crippen molar-refractivity contribution >= 4 is 23.2 Å². The Morgan fingerprint density at radius 2 is 1.90 bits per heavy atom. The van der Waals surface area contributed by atoms with Crippen molar-refractivity contribution < 1.29 is 4.79 Å². The average Bonchev–Trinajstić information content (AvgIpc) is 3.15. The summed E-state index contributed by atoms with van der Waals surface area (Å²) in [5.41, 5.74) is 4.35. The van der Waals surface area contributed by atoms with E-state index in [1.807, 2.05) is 38.1 Å². The maximum absolute atomic E-state index is 12.9. The maximum atomic E-state index is 12.9. The van der Waals surface area contributed by atoms with Crippen molar-refractivity contribution in [2.75, 3.05) is 0 Å². The van der Waals surface area contributed by atoms with Gasteiger partial charge in [0.25, 0.3) is 0 Å². The number of rotatable bonds is 7. The van der Waals surface area contributed by atoms with Gasteiger partial charge in [0.1, 0.15) is 11.6 Å². The Labute approximate surface area is 181 Å². The summed E-state index contributed by atoms with van der Waals surface area (Å²) >= 11 is 6.04. The molecule has 0 atom stereocenters. The summed E-state index contributed by atoms with van der Waals surface area (Å²) in [6, 6.07) is 9.79. The zero-order valence-corrected chi connectivity index (χ0v) is 18.5. The second-order valence-corrected chi connectivity index (χ2v) is 7.95. The summed E-state index contributed by atoms with van der Waals surface area (Å²) in [5, 5.41) is 17.4. The van der Waals surface area contributed by atoms with Crippen molar-refractivity contribution in [1.82, 2.24) is 19.9 Å². The number of aromatic nitrogens is 3. The lowest BCUT2D eigenvalue weighted by Crippen LogP contribution is -2.45. The van der Waals surface area contributed by atoms with Crippen molar-refractivity contribution in [2.24, 2.45) is 0 Å². The first-order valence-electron chi connectivity index (χ1n) is 10.2. The molecular formula is C23H26ClN5O. The first kappa shape index (κ1) is 21.8. The van der Waals surface area contributed by atoms with E-state index in [1.54, 1.807) is 4.52 Å². The summed E-state index contributed by atoms with van der Waals surface area (Å²) in [6.45, 7) is 8.01. The van der Waals surface area contributed by atoms with Crippen LogP contribution in [0.5, 0.6) is 0 Å². The maximum Gasteiger partial charge on any atom is 0.221 e. The van der Waals surface area contributed by atoms with Crippen LogP contribution in [0.25, 0.3) is 5.65 Å².